The molecule has 3 rings (SSSR count). The van der Waals surface area contributed by atoms with Gasteiger partial charge >= 0.3 is 0 Å². The monoisotopic (exact) mass is 233 g/mol. The number of fused-ring (bicyclic) bond motifs is 1. The summed E-state index contributed by atoms with van der Waals surface area (Å²) in [6.45, 7) is 2.55. The molecular weight excluding hydrogens is 222 g/mol. The summed E-state index contributed by atoms with van der Waals surface area (Å²) in [5, 5.41) is 6.98. The molecule has 2 aromatic rings. The molecule has 2 heterocycles. The molecule has 0 atom stereocenters. The van der Waals surface area contributed by atoms with E-state index in [9.17, 15) is 0 Å². The average molecular weight is 233 g/mol. The number of aromatic nitrogens is 2. The van der Waals surface area contributed by atoms with Crippen LogP contribution in [0.1, 0.15) is 11.7 Å². The van der Waals surface area contributed by atoms with Gasteiger partial charge in [0.1, 0.15) is 0 Å². The molecule has 0 spiro atoms. The number of aryl methyl sites for hydroxylation is 1. The van der Waals surface area contributed by atoms with Crippen molar-refractivity contribution in [3.63, 3.8) is 0 Å². The van der Waals surface area contributed by atoms with Crippen molar-refractivity contribution in [1.29, 1.82) is 0 Å². The minimum absolute atomic E-state index is 0.281. The van der Waals surface area contributed by atoms with Gasteiger partial charge in [0.15, 0.2) is 17.3 Å². The zero-order valence-electron chi connectivity index (χ0n) is 9.27. The highest BCUT2D eigenvalue weighted by Gasteiger charge is 2.13. The Bertz CT molecular complexity index is 539. The fourth-order valence-electron chi connectivity index (χ4n) is 1.60. The molecule has 0 fully saturated rings. The number of nitrogens with zero attached hydrogens (tertiary/aromatic N) is 2. The zero-order valence-corrected chi connectivity index (χ0v) is 9.27. The minimum Gasteiger partial charge on any atom is -0.454 e. The van der Waals surface area contributed by atoms with Crippen molar-refractivity contribution < 1.29 is 14.0 Å². The quantitative estimate of drug-likeness (QED) is 0.870. The van der Waals surface area contributed by atoms with Gasteiger partial charge in [0.25, 0.3) is 0 Å². The summed E-state index contributed by atoms with van der Waals surface area (Å²) in [5.74, 6) is 2.71. The second kappa shape index (κ2) is 3.97. The van der Waals surface area contributed by atoms with Gasteiger partial charge in [-0.25, -0.2) is 0 Å². The van der Waals surface area contributed by atoms with Gasteiger partial charge in [-0.05, 0) is 12.1 Å². The molecule has 1 aliphatic heterocycles. The summed E-state index contributed by atoms with van der Waals surface area (Å²) in [6.07, 6.45) is 0. The zero-order chi connectivity index (χ0) is 11.7. The van der Waals surface area contributed by atoms with Gasteiger partial charge < -0.3 is 19.3 Å². The van der Waals surface area contributed by atoms with E-state index in [4.69, 9.17) is 14.0 Å². The maximum absolute atomic E-state index is 5.28. The van der Waals surface area contributed by atoms with Crippen LogP contribution in [0, 0.1) is 6.92 Å². The van der Waals surface area contributed by atoms with Gasteiger partial charge in [0.2, 0.25) is 12.7 Å². The molecule has 1 N–H and O–H groups in total. The van der Waals surface area contributed by atoms with Crippen LogP contribution in [0.4, 0.5) is 5.69 Å². The van der Waals surface area contributed by atoms with E-state index in [1.54, 1.807) is 6.92 Å². The molecule has 0 radical (unpaired) electrons. The van der Waals surface area contributed by atoms with Crippen LogP contribution in [0.3, 0.4) is 0 Å². The van der Waals surface area contributed by atoms with E-state index in [0.29, 0.717) is 18.3 Å². The Kier molecular flexibility index (Phi) is 2.32. The topological polar surface area (TPSA) is 69.4 Å². The molecule has 6 nitrogen and oxygen atoms in total. The number of ether oxygens (including phenoxy) is 2. The number of hydrogen-bond donors (Lipinski definition) is 1. The predicted octanol–water partition coefficient (Wildman–Crippen LogP) is 1.72. The van der Waals surface area contributed by atoms with Gasteiger partial charge in [0.05, 0.1) is 6.54 Å². The lowest BCUT2D eigenvalue weighted by atomic mass is 10.3. The summed E-state index contributed by atoms with van der Waals surface area (Å²) in [7, 11) is 0. The van der Waals surface area contributed by atoms with Crippen LogP contribution in [-0.2, 0) is 6.54 Å². The van der Waals surface area contributed by atoms with Gasteiger partial charge in [-0.2, -0.15) is 4.98 Å². The highest BCUT2D eigenvalue weighted by Crippen LogP contribution is 2.34. The average Bonchev–Trinajstić information content (AvgIpc) is 2.94. The first-order valence-corrected chi connectivity index (χ1v) is 5.24. The van der Waals surface area contributed by atoms with Crippen molar-refractivity contribution in [2.24, 2.45) is 0 Å². The fraction of sp³-hybridized carbons (Fsp3) is 0.273. The number of anilines is 1. The Morgan fingerprint density at radius 2 is 2.18 bits per heavy atom. The van der Waals surface area contributed by atoms with E-state index in [0.717, 1.165) is 17.2 Å². The van der Waals surface area contributed by atoms with Crippen LogP contribution in [0.2, 0.25) is 0 Å². The van der Waals surface area contributed by atoms with Gasteiger partial charge in [-0.3, -0.25) is 0 Å². The molecule has 0 saturated heterocycles. The van der Waals surface area contributed by atoms with Crippen molar-refractivity contribution >= 4 is 5.69 Å². The van der Waals surface area contributed by atoms with E-state index in [1.165, 1.54) is 0 Å². The number of rotatable bonds is 3. The normalized spacial score (nSPS) is 12.8. The highest BCUT2D eigenvalue weighted by atomic mass is 16.7. The van der Waals surface area contributed by atoms with Crippen LogP contribution >= 0.6 is 0 Å². The first kappa shape index (κ1) is 9.95. The SMILES string of the molecule is Cc1nc(CNc2ccc3c(c2)OCO3)no1. The summed E-state index contributed by atoms with van der Waals surface area (Å²) >= 11 is 0. The Labute approximate surface area is 97.5 Å². The smallest absolute Gasteiger partial charge is 0.231 e. The van der Waals surface area contributed by atoms with Gasteiger partial charge in [-0.1, -0.05) is 5.16 Å². The molecule has 6 heteroatoms. The van der Waals surface area contributed by atoms with E-state index in [1.807, 2.05) is 18.2 Å². The Morgan fingerprint density at radius 3 is 3.00 bits per heavy atom. The van der Waals surface area contributed by atoms with Crippen molar-refractivity contribution in [3.8, 4) is 11.5 Å². The lowest BCUT2D eigenvalue weighted by Crippen LogP contribution is -2.01. The second-order valence-corrected chi connectivity index (χ2v) is 3.65. The Morgan fingerprint density at radius 1 is 1.29 bits per heavy atom. The van der Waals surface area contributed by atoms with Gasteiger partial charge in [0, 0.05) is 18.7 Å². The third-order valence-corrected chi connectivity index (χ3v) is 2.39. The van der Waals surface area contributed by atoms with Crippen LogP contribution in [0.5, 0.6) is 11.5 Å². The molecule has 17 heavy (non-hydrogen) atoms. The molecular formula is C11H11N3O3. The lowest BCUT2D eigenvalue weighted by molar-refractivity contribution is 0.174. The molecule has 1 aromatic heterocycles. The molecule has 88 valence electrons. The molecule has 1 aliphatic rings. The van der Waals surface area contributed by atoms with Crippen molar-refractivity contribution in [3.05, 3.63) is 29.9 Å². The molecule has 0 unspecified atom stereocenters. The number of nitrogens with one attached hydrogen (secondary N) is 1. The maximum Gasteiger partial charge on any atom is 0.231 e. The molecule has 1 aromatic carbocycles. The first-order chi connectivity index (χ1) is 8.31. The predicted molar refractivity (Wildman–Crippen MR) is 58.9 cm³/mol. The molecule has 0 aliphatic carbocycles. The second-order valence-electron chi connectivity index (χ2n) is 3.65. The largest absolute Gasteiger partial charge is 0.454 e. The highest BCUT2D eigenvalue weighted by molar-refractivity contribution is 5.55. The van der Waals surface area contributed by atoms with Crippen LogP contribution in [0.15, 0.2) is 22.7 Å². The maximum atomic E-state index is 5.28. The molecule has 0 bridgehead atoms. The third kappa shape index (κ3) is 2.01. The fourth-order valence-corrected chi connectivity index (χ4v) is 1.60. The van der Waals surface area contributed by atoms with Crippen LogP contribution in [-0.4, -0.2) is 16.9 Å². The van der Waals surface area contributed by atoms with Crippen molar-refractivity contribution in [2.45, 2.75) is 13.5 Å². The van der Waals surface area contributed by atoms with E-state index in [-0.39, 0.29) is 6.79 Å². The summed E-state index contributed by atoms with van der Waals surface area (Å²) in [4.78, 5) is 4.10. The molecule has 0 saturated carbocycles. The van der Waals surface area contributed by atoms with E-state index in [2.05, 4.69) is 15.5 Å². The van der Waals surface area contributed by atoms with Crippen LogP contribution in [0.25, 0.3) is 0 Å². The van der Waals surface area contributed by atoms with Crippen LogP contribution < -0.4 is 14.8 Å². The number of hydrogen-bond acceptors (Lipinski definition) is 6. The standard InChI is InChI=1S/C11H11N3O3/c1-7-13-11(14-17-7)5-12-8-2-3-9-10(4-8)16-6-15-9/h2-4,12H,5-6H2,1H3. The molecule has 0 amide bonds. The summed E-state index contributed by atoms with van der Waals surface area (Å²) in [6, 6.07) is 5.67. The Balaban J connectivity index is 1.69. The minimum atomic E-state index is 0.281. The third-order valence-electron chi connectivity index (χ3n) is 2.39. The van der Waals surface area contributed by atoms with E-state index < -0.39 is 0 Å². The number of benzene rings is 1. The van der Waals surface area contributed by atoms with Crippen molar-refractivity contribution in [1.82, 2.24) is 10.1 Å². The van der Waals surface area contributed by atoms with E-state index >= 15 is 0 Å². The first-order valence-electron chi connectivity index (χ1n) is 5.24. The Hall–Kier alpha value is -2.24. The van der Waals surface area contributed by atoms with Gasteiger partial charge in [-0.15, -0.1) is 0 Å². The summed E-state index contributed by atoms with van der Waals surface area (Å²) < 4.78 is 15.4. The summed E-state index contributed by atoms with van der Waals surface area (Å²) in [5.41, 5.74) is 0.928. The lowest BCUT2D eigenvalue weighted by Gasteiger charge is -2.04. The van der Waals surface area contributed by atoms with Crippen molar-refractivity contribution in [2.75, 3.05) is 12.1 Å².